The molecular formula is C22H27N5S. The van der Waals surface area contributed by atoms with Crippen LogP contribution in [-0.4, -0.2) is 53.6 Å². The Morgan fingerprint density at radius 2 is 1.86 bits per heavy atom. The van der Waals surface area contributed by atoms with Crippen LogP contribution in [0, 0.1) is 5.92 Å². The molecule has 5 nitrogen and oxygen atoms in total. The van der Waals surface area contributed by atoms with Gasteiger partial charge in [-0.15, -0.1) is 11.3 Å². The van der Waals surface area contributed by atoms with Gasteiger partial charge in [-0.2, -0.15) is 0 Å². The zero-order valence-corrected chi connectivity index (χ0v) is 16.9. The Labute approximate surface area is 170 Å². The molecule has 2 N–H and O–H groups in total. The van der Waals surface area contributed by atoms with Gasteiger partial charge in [0.1, 0.15) is 17.0 Å². The van der Waals surface area contributed by atoms with Crippen LogP contribution in [0.1, 0.15) is 19.3 Å². The van der Waals surface area contributed by atoms with Crippen molar-refractivity contribution in [1.82, 2.24) is 14.9 Å². The number of benzene rings is 1. The lowest BCUT2D eigenvalue weighted by Crippen LogP contribution is -2.39. The monoisotopic (exact) mass is 393 g/mol. The molecule has 2 aliphatic rings. The standard InChI is InChI=1S/C22H27N5S/c23-18-8-9-26(13-18)12-16-6-10-27(11-7-16)21-20-19(17-4-2-1-3-5-17)14-28-22(20)25-15-24-21/h1-5,14-16,18H,6-13,23H2. The number of fused-ring (bicyclic) bond motifs is 1. The molecule has 3 aromatic rings. The molecule has 1 aromatic carbocycles. The molecule has 0 saturated carbocycles. The molecule has 2 aromatic heterocycles. The highest BCUT2D eigenvalue weighted by Crippen LogP contribution is 2.38. The van der Waals surface area contributed by atoms with Gasteiger partial charge in [-0.05, 0) is 37.3 Å². The van der Waals surface area contributed by atoms with Gasteiger partial charge in [0.05, 0.1) is 5.39 Å². The zero-order valence-electron chi connectivity index (χ0n) is 16.1. The van der Waals surface area contributed by atoms with E-state index < -0.39 is 0 Å². The molecule has 4 heterocycles. The first-order valence-corrected chi connectivity index (χ1v) is 11.2. The summed E-state index contributed by atoms with van der Waals surface area (Å²) in [6, 6.07) is 11.0. The summed E-state index contributed by atoms with van der Waals surface area (Å²) < 4.78 is 0. The third-order valence-electron chi connectivity index (χ3n) is 6.17. The van der Waals surface area contributed by atoms with Crippen molar-refractivity contribution >= 4 is 27.4 Å². The van der Waals surface area contributed by atoms with Crippen LogP contribution in [0.4, 0.5) is 5.82 Å². The topological polar surface area (TPSA) is 58.3 Å². The fraction of sp³-hybridized carbons (Fsp3) is 0.455. The molecule has 0 radical (unpaired) electrons. The molecule has 28 heavy (non-hydrogen) atoms. The second kappa shape index (κ2) is 7.78. The third kappa shape index (κ3) is 3.52. The molecule has 2 saturated heterocycles. The van der Waals surface area contributed by atoms with Gasteiger partial charge in [-0.1, -0.05) is 30.3 Å². The second-order valence-corrected chi connectivity index (χ2v) is 8.99. The molecule has 2 aliphatic heterocycles. The van der Waals surface area contributed by atoms with Crippen molar-refractivity contribution < 1.29 is 0 Å². The van der Waals surface area contributed by atoms with E-state index in [1.165, 1.54) is 42.4 Å². The van der Waals surface area contributed by atoms with Crippen LogP contribution in [-0.2, 0) is 0 Å². The summed E-state index contributed by atoms with van der Waals surface area (Å²) in [5.74, 6) is 1.88. The maximum Gasteiger partial charge on any atom is 0.141 e. The van der Waals surface area contributed by atoms with E-state index in [0.29, 0.717) is 6.04 Å². The first-order valence-electron chi connectivity index (χ1n) is 10.3. The van der Waals surface area contributed by atoms with Gasteiger partial charge in [0, 0.05) is 43.2 Å². The van der Waals surface area contributed by atoms with Crippen LogP contribution in [0.2, 0.25) is 0 Å². The van der Waals surface area contributed by atoms with Crippen LogP contribution in [0.15, 0.2) is 42.0 Å². The Morgan fingerprint density at radius 1 is 1.04 bits per heavy atom. The lowest BCUT2D eigenvalue weighted by Gasteiger charge is -2.35. The first-order chi connectivity index (χ1) is 13.8. The Kier molecular flexibility index (Phi) is 5.01. The minimum absolute atomic E-state index is 0.379. The lowest BCUT2D eigenvalue weighted by atomic mass is 9.96. The van der Waals surface area contributed by atoms with Crippen LogP contribution >= 0.6 is 11.3 Å². The van der Waals surface area contributed by atoms with E-state index in [1.54, 1.807) is 17.7 Å². The number of hydrogen-bond acceptors (Lipinski definition) is 6. The molecule has 6 heteroatoms. The Hall–Kier alpha value is -2.02. The molecule has 1 unspecified atom stereocenters. The molecular weight excluding hydrogens is 366 g/mol. The summed E-state index contributed by atoms with van der Waals surface area (Å²) in [4.78, 5) is 15.4. The Bertz CT molecular complexity index is 933. The predicted molar refractivity (Wildman–Crippen MR) is 117 cm³/mol. The lowest BCUT2D eigenvalue weighted by molar-refractivity contribution is 0.247. The Balaban J connectivity index is 1.35. The van der Waals surface area contributed by atoms with Crippen molar-refractivity contribution in [3.63, 3.8) is 0 Å². The summed E-state index contributed by atoms with van der Waals surface area (Å²) in [7, 11) is 0. The number of nitrogens with two attached hydrogens (primary N) is 1. The highest BCUT2D eigenvalue weighted by Gasteiger charge is 2.27. The molecule has 5 rings (SSSR count). The van der Waals surface area contributed by atoms with E-state index in [-0.39, 0.29) is 0 Å². The van der Waals surface area contributed by atoms with Crippen LogP contribution in [0.25, 0.3) is 21.3 Å². The van der Waals surface area contributed by atoms with Crippen LogP contribution in [0.3, 0.4) is 0 Å². The van der Waals surface area contributed by atoms with E-state index in [1.807, 2.05) is 0 Å². The molecule has 1 atom stereocenters. The summed E-state index contributed by atoms with van der Waals surface area (Å²) in [6.07, 6.45) is 5.32. The number of anilines is 1. The van der Waals surface area contributed by atoms with Gasteiger partial charge in [0.15, 0.2) is 0 Å². The fourth-order valence-corrected chi connectivity index (χ4v) is 5.56. The van der Waals surface area contributed by atoms with Gasteiger partial charge in [-0.3, -0.25) is 0 Å². The van der Waals surface area contributed by atoms with Gasteiger partial charge in [-0.25, -0.2) is 9.97 Å². The normalized spacial score (nSPS) is 21.6. The van der Waals surface area contributed by atoms with E-state index in [2.05, 4.69) is 50.5 Å². The molecule has 0 spiro atoms. The van der Waals surface area contributed by atoms with Crippen molar-refractivity contribution in [3.8, 4) is 11.1 Å². The molecule has 0 aliphatic carbocycles. The number of aromatic nitrogens is 2. The smallest absolute Gasteiger partial charge is 0.141 e. The van der Waals surface area contributed by atoms with Crippen molar-refractivity contribution in [2.75, 3.05) is 37.6 Å². The second-order valence-electron chi connectivity index (χ2n) is 8.13. The van der Waals surface area contributed by atoms with Crippen molar-refractivity contribution in [1.29, 1.82) is 0 Å². The number of hydrogen-bond donors (Lipinski definition) is 1. The summed E-state index contributed by atoms with van der Waals surface area (Å²) in [6.45, 7) is 5.58. The fourth-order valence-electron chi connectivity index (χ4n) is 4.65. The maximum absolute atomic E-state index is 6.07. The molecule has 2 fully saturated rings. The number of likely N-dealkylation sites (tertiary alicyclic amines) is 1. The van der Waals surface area contributed by atoms with Crippen molar-refractivity contribution in [3.05, 3.63) is 42.0 Å². The SMILES string of the molecule is NC1CCN(CC2CCN(c3ncnc4scc(-c5ccccc5)c34)CC2)C1. The van der Waals surface area contributed by atoms with Gasteiger partial charge < -0.3 is 15.5 Å². The van der Waals surface area contributed by atoms with E-state index >= 15 is 0 Å². The first kappa shape index (κ1) is 18.0. The van der Waals surface area contributed by atoms with Crippen LogP contribution in [0.5, 0.6) is 0 Å². The minimum atomic E-state index is 0.379. The number of piperidine rings is 1. The molecule has 0 amide bonds. The Morgan fingerprint density at radius 3 is 2.61 bits per heavy atom. The molecule has 0 bridgehead atoms. The van der Waals surface area contributed by atoms with Crippen molar-refractivity contribution in [2.45, 2.75) is 25.3 Å². The third-order valence-corrected chi connectivity index (χ3v) is 7.06. The van der Waals surface area contributed by atoms with E-state index in [0.717, 1.165) is 42.6 Å². The largest absolute Gasteiger partial charge is 0.356 e. The minimum Gasteiger partial charge on any atom is -0.356 e. The van der Waals surface area contributed by atoms with Gasteiger partial charge >= 0.3 is 0 Å². The van der Waals surface area contributed by atoms with Crippen molar-refractivity contribution in [2.24, 2.45) is 11.7 Å². The molecule has 146 valence electrons. The number of thiophene rings is 1. The quantitative estimate of drug-likeness (QED) is 0.734. The average Bonchev–Trinajstić information content (AvgIpc) is 3.35. The highest BCUT2D eigenvalue weighted by molar-refractivity contribution is 7.17. The number of nitrogens with zero attached hydrogens (tertiary/aromatic N) is 4. The zero-order chi connectivity index (χ0) is 18.9. The number of rotatable bonds is 4. The summed E-state index contributed by atoms with van der Waals surface area (Å²) in [5.41, 5.74) is 8.56. The maximum atomic E-state index is 6.07. The van der Waals surface area contributed by atoms with Crippen LogP contribution < -0.4 is 10.6 Å². The van der Waals surface area contributed by atoms with E-state index in [4.69, 9.17) is 10.7 Å². The average molecular weight is 394 g/mol. The predicted octanol–water partition coefficient (Wildman–Crippen LogP) is 3.61. The summed E-state index contributed by atoms with van der Waals surface area (Å²) in [5, 5.41) is 3.43. The highest BCUT2D eigenvalue weighted by atomic mass is 32.1. The van der Waals surface area contributed by atoms with Gasteiger partial charge in [0.25, 0.3) is 0 Å². The van der Waals surface area contributed by atoms with Gasteiger partial charge in [0.2, 0.25) is 0 Å². The van der Waals surface area contributed by atoms with E-state index in [9.17, 15) is 0 Å². The summed E-state index contributed by atoms with van der Waals surface area (Å²) >= 11 is 1.71.